The van der Waals surface area contributed by atoms with E-state index in [1.165, 1.54) is 0 Å². The van der Waals surface area contributed by atoms with Crippen LogP contribution in [0.15, 0.2) is 18.2 Å². The van der Waals surface area contributed by atoms with Gasteiger partial charge in [0.1, 0.15) is 11.9 Å². The van der Waals surface area contributed by atoms with Crippen molar-refractivity contribution >= 4 is 11.6 Å². The minimum absolute atomic E-state index is 0.00677. The lowest BCUT2D eigenvalue weighted by Gasteiger charge is -2.18. The van der Waals surface area contributed by atoms with Crippen LogP contribution in [0.5, 0.6) is 5.75 Å². The molecule has 0 saturated carbocycles. The molecule has 0 aliphatic heterocycles. The van der Waals surface area contributed by atoms with E-state index in [2.05, 4.69) is 19.2 Å². The van der Waals surface area contributed by atoms with Crippen LogP contribution in [-0.4, -0.2) is 26.4 Å². The predicted octanol–water partition coefficient (Wildman–Crippen LogP) is 3.50. The summed E-state index contributed by atoms with van der Waals surface area (Å²) in [7, 11) is 1.67. The summed E-state index contributed by atoms with van der Waals surface area (Å²) in [6, 6.07) is 5.75. The molecule has 108 valence electrons. The first-order valence-electron chi connectivity index (χ1n) is 6.68. The molecular formula is C15H24ClNO2. The molecule has 4 heteroatoms. The fourth-order valence-corrected chi connectivity index (χ4v) is 2.02. The smallest absolute Gasteiger partial charge is 0.125 e. The largest absolute Gasteiger partial charge is 0.488 e. The molecular weight excluding hydrogens is 262 g/mol. The summed E-state index contributed by atoms with van der Waals surface area (Å²) in [5.74, 6) is 1.44. The lowest BCUT2D eigenvalue weighted by molar-refractivity contribution is 0.0913. The zero-order valence-electron chi connectivity index (χ0n) is 12.2. The Labute approximate surface area is 121 Å². The van der Waals surface area contributed by atoms with Gasteiger partial charge in [-0.25, -0.2) is 0 Å². The topological polar surface area (TPSA) is 30.5 Å². The van der Waals surface area contributed by atoms with Crippen LogP contribution in [0.1, 0.15) is 26.3 Å². The van der Waals surface area contributed by atoms with Crippen molar-refractivity contribution in [3.05, 3.63) is 28.8 Å². The Bertz CT molecular complexity index is 382. The highest BCUT2D eigenvalue weighted by Gasteiger charge is 2.11. The molecule has 1 N–H and O–H groups in total. The summed E-state index contributed by atoms with van der Waals surface area (Å²) in [5, 5.41) is 4.13. The van der Waals surface area contributed by atoms with Gasteiger partial charge in [-0.2, -0.15) is 0 Å². The van der Waals surface area contributed by atoms with E-state index in [0.717, 1.165) is 22.9 Å². The molecule has 1 unspecified atom stereocenters. The van der Waals surface area contributed by atoms with E-state index < -0.39 is 0 Å². The number of hydrogen-bond donors (Lipinski definition) is 1. The molecule has 0 aliphatic carbocycles. The normalized spacial score (nSPS) is 12.7. The van der Waals surface area contributed by atoms with Gasteiger partial charge in [0.2, 0.25) is 0 Å². The molecule has 1 rings (SSSR count). The van der Waals surface area contributed by atoms with Crippen molar-refractivity contribution in [3.63, 3.8) is 0 Å². The Balaban J connectivity index is 2.71. The molecule has 0 aromatic heterocycles. The van der Waals surface area contributed by atoms with E-state index in [4.69, 9.17) is 21.1 Å². The van der Waals surface area contributed by atoms with E-state index in [0.29, 0.717) is 19.1 Å². The highest BCUT2D eigenvalue weighted by atomic mass is 35.5. The summed E-state index contributed by atoms with van der Waals surface area (Å²) in [6.07, 6.45) is 0.00677. The lowest BCUT2D eigenvalue weighted by atomic mass is 10.1. The average molecular weight is 286 g/mol. The Morgan fingerprint density at radius 1 is 1.26 bits per heavy atom. The van der Waals surface area contributed by atoms with Gasteiger partial charge in [-0.3, -0.25) is 0 Å². The molecule has 0 spiro atoms. The molecule has 0 heterocycles. The standard InChI is InChI=1S/C15H24ClNO2/c1-11(2)8-17-9-13-14(16)6-5-7-15(13)19-12(3)10-18-4/h5-7,11-12,17H,8-10H2,1-4H3. The van der Waals surface area contributed by atoms with Gasteiger partial charge in [-0.1, -0.05) is 31.5 Å². The number of benzene rings is 1. The van der Waals surface area contributed by atoms with Crippen LogP contribution in [0.2, 0.25) is 5.02 Å². The van der Waals surface area contributed by atoms with Crippen molar-refractivity contribution in [2.75, 3.05) is 20.3 Å². The second-order valence-electron chi connectivity index (χ2n) is 5.13. The van der Waals surface area contributed by atoms with Gasteiger partial charge < -0.3 is 14.8 Å². The molecule has 0 bridgehead atoms. The Kier molecular flexibility index (Phi) is 7.21. The fraction of sp³-hybridized carbons (Fsp3) is 0.600. The van der Waals surface area contributed by atoms with E-state index in [9.17, 15) is 0 Å². The maximum atomic E-state index is 6.25. The summed E-state index contributed by atoms with van der Waals surface area (Å²) < 4.78 is 11.0. The SMILES string of the molecule is COCC(C)Oc1cccc(Cl)c1CNCC(C)C. The van der Waals surface area contributed by atoms with Gasteiger partial charge in [0.05, 0.1) is 6.61 Å². The first-order chi connectivity index (χ1) is 9.04. The molecule has 0 radical (unpaired) electrons. The second kappa shape index (κ2) is 8.41. The van der Waals surface area contributed by atoms with Gasteiger partial charge in [0, 0.05) is 24.2 Å². The summed E-state index contributed by atoms with van der Waals surface area (Å²) in [6.45, 7) is 8.57. The van der Waals surface area contributed by atoms with E-state index in [-0.39, 0.29) is 6.10 Å². The molecule has 0 saturated heterocycles. The molecule has 19 heavy (non-hydrogen) atoms. The third-order valence-electron chi connectivity index (χ3n) is 2.66. The van der Waals surface area contributed by atoms with Crippen molar-refractivity contribution in [1.29, 1.82) is 0 Å². The lowest BCUT2D eigenvalue weighted by Crippen LogP contribution is -2.22. The van der Waals surface area contributed by atoms with E-state index in [1.54, 1.807) is 7.11 Å². The van der Waals surface area contributed by atoms with Crippen molar-refractivity contribution in [2.24, 2.45) is 5.92 Å². The molecule has 0 aliphatic rings. The number of nitrogens with one attached hydrogen (secondary N) is 1. The number of hydrogen-bond acceptors (Lipinski definition) is 3. The van der Waals surface area contributed by atoms with Crippen molar-refractivity contribution in [2.45, 2.75) is 33.4 Å². The molecule has 0 amide bonds. The van der Waals surface area contributed by atoms with Crippen LogP contribution in [0.4, 0.5) is 0 Å². The van der Waals surface area contributed by atoms with Crippen LogP contribution in [0.25, 0.3) is 0 Å². The monoisotopic (exact) mass is 285 g/mol. The van der Waals surface area contributed by atoms with Crippen LogP contribution in [-0.2, 0) is 11.3 Å². The number of halogens is 1. The van der Waals surface area contributed by atoms with Gasteiger partial charge >= 0.3 is 0 Å². The van der Waals surface area contributed by atoms with Crippen molar-refractivity contribution in [3.8, 4) is 5.75 Å². The quantitative estimate of drug-likeness (QED) is 0.793. The van der Waals surface area contributed by atoms with E-state index in [1.807, 2.05) is 25.1 Å². The third-order valence-corrected chi connectivity index (χ3v) is 3.01. The van der Waals surface area contributed by atoms with Crippen LogP contribution < -0.4 is 10.1 Å². The minimum atomic E-state index is 0.00677. The van der Waals surface area contributed by atoms with E-state index >= 15 is 0 Å². The number of methoxy groups -OCH3 is 1. The Morgan fingerprint density at radius 2 is 2.00 bits per heavy atom. The molecule has 1 aromatic rings. The first kappa shape index (κ1) is 16.3. The summed E-state index contributed by atoms with van der Waals surface area (Å²) in [4.78, 5) is 0. The van der Waals surface area contributed by atoms with Crippen LogP contribution in [0, 0.1) is 5.92 Å². The molecule has 1 aromatic carbocycles. The maximum Gasteiger partial charge on any atom is 0.125 e. The Hall–Kier alpha value is -0.770. The number of rotatable bonds is 8. The van der Waals surface area contributed by atoms with Gasteiger partial charge in [-0.05, 0) is 31.5 Å². The third kappa shape index (κ3) is 5.81. The predicted molar refractivity (Wildman–Crippen MR) is 80.0 cm³/mol. The minimum Gasteiger partial charge on any atom is -0.488 e. The van der Waals surface area contributed by atoms with Gasteiger partial charge in [0.15, 0.2) is 0 Å². The van der Waals surface area contributed by atoms with Gasteiger partial charge in [0.25, 0.3) is 0 Å². The zero-order chi connectivity index (χ0) is 14.3. The van der Waals surface area contributed by atoms with Crippen LogP contribution in [0.3, 0.4) is 0 Å². The zero-order valence-corrected chi connectivity index (χ0v) is 13.0. The van der Waals surface area contributed by atoms with Gasteiger partial charge in [-0.15, -0.1) is 0 Å². The summed E-state index contributed by atoms with van der Waals surface area (Å²) in [5.41, 5.74) is 1.01. The highest BCUT2D eigenvalue weighted by Crippen LogP contribution is 2.27. The average Bonchev–Trinajstić information content (AvgIpc) is 2.32. The molecule has 3 nitrogen and oxygen atoms in total. The maximum absolute atomic E-state index is 6.25. The molecule has 1 atom stereocenters. The van der Waals surface area contributed by atoms with Crippen molar-refractivity contribution in [1.82, 2.24) is 5.32 Å². The Morgan fingerprint density at radius 3 is 2.63 bits per heavy atom. The first-order valence-corrected chi connectivity index (χ1v) is 7.06. The fourth-order valence-electron chi connectivity index (χ4n) is 1.79. The van der Waals surface area contributed by atoms with Crippen LogP contribution >= 0.6 is 11.6 Å². The molecule has 0 fully saturated rings. The second-order valence-corrected chi connectivity index (χ2v) is 5.53. The van der Waals surface area contributed by atoms with Crippen molar-refractivity contribution < 1.29 is 9.47 Å². The highest BCUT2D eigenvalue weighted by molar-refractivity contribution is 6.31. The summed E-state index contributed by atoms with van der Waals surface area (Å²) >= 11 is 6.25. The number of ether oxygens (including phenoxy) is 2.